The first-order chi connectivity index (χ1) is 13.1. The molecule has 3 saturated heterocycles. The number of halogens is 1. The van der Waals surface area contributed by atoms with Crippen molar-refractivity contribution in [2.24, 2.45) is 0 Å². The summed E-state index contributed by atoms with van der Waals surface area (Å²) in [6.07, 6.45) is 4.69. The predicted octanol–water partition coefficient (Wildman–Crippen LogP) is 2.96. The minimum absolute atomic E-state index is 0.187. The van der Waals surface area contributed by atoms with Gasteiger partial charge in [-0.1, -0.05) is 11.6 Å². The number of fused-ring (bicyclic) bond motifs is 2. The Bertz CT molecular complexity index is 669. The second-order valence-corrected chi connectivity index (χ2v) is 8.48. The van der Waals surface area contributed by atoms with Gasteiger partial charge in [0.25, 0.3) is 0 Å². The first-order valence-electron chi connectivity index (χ1n) is 10.2. The fourth-order valence-electron chi connectivity index (χ4n) is 4.84. The van der Waals surface area contributed by atoms with Gasteiger partial charge in [-0.3, -0.25) is 14.5 Å². The summed E-state index contributed by atoms with van der Waals surface area (Å²) in [6.45, 7) is 5.05. The number of hydrogen-bond acceptors (Lipinski definition) is 4. The van der Waals surface area contributed by atoms with E-state index in [-0.39, 0.29) is 18.0 Å². The maximum Gasteiger partial charge on any atom is 0.223 e. The van der Waals surface area contributed by atoms with Crippen LogP contribution in [0.4, 0.5) is 5.69 Å². The molecule has 146 valence electrons. The summed E-state index contributed by atoms with van der Waals surface area (Å²) in [5, 5.41) is 0.772. The number of rotatable bonds is 5. The monoisotopic (exact) mass is 389 g/mol. The number of benzene rings is 1. The number of nitrogens with zero attached hydrogens (tertiary/aromatic N) is 3. The van der Waals surface area contributed by atoms with Gasteiger partial charge in [0.15, 0.2) is 0 Å². The maximum absolute atomic E-state index is 12.6. The molecule has 3 aliphatic heterocycles. The van der Waals surface area contributed by atoms with Crippen LogP contribution in [0.15, 0.2) is 24.3 Å². The summed E-state index contributed by atoms with van der Waals surface area (Å²) in [7, 11) is 0. The van der Waals surface area contributed by atoms with Gasteiger partial charge in [-0.05, 0) is 50.1 Å². The van der Waals surface area contributed by atoms with E-state index in [0.29, 0.717) is 25.0 Å². The number of ketones is 1. The van der Waals surface area contributed by atoms with Crippen molar-refractivity contribution in [3.63, 3.8) is 0 Å². The first kappa shape index (κ1) is 18.8. The molecule has 3 heterocycles. The molecule has 1 aromatic carbocycles. The molecule has 0 saturated carbocycles. The third kappa shape index (κ3) is 4.30. The number of piperazine rings is 1. The second kappa shape index (κ2) is 8.19. The number of amides is 1. The molecule has 0 aliphatic carbocycles. The van der Waals surface area contributed by atoms with Crippen LogP contribution in [0, 0.1) is 0 Å². The molecule has 5 nitrogen and oxygen atoms in total. The molecule has 0 radical (unpaired) electrons. The lowest BCUT2D eigenvalue weighted by Crippen LogP contribution is -2.48. The third-order valence-electron chi connectivity index (χ3n) is 6.26. The zero-order valence-electron chi connectivity index (χ0n) is 15.8. The number of hydrogen-bond donors (Lipinski definition) is 0. The number of carbonyl (C=O) groups is 2. The van der Waals surface area contributed by atoms with Gasteiger partial charge in [-0.15, -0.1) is 0 Å². The SMILES string of the molecule is O=C1CC2CCC(C1)N2C(=O)CCCN1CCN(c2ccc(Cl)cc2)CC1. The molecule has 27 heavy (non-hydrogen) atoms. The number of carbonyl (C=O) groups excluding carboxylic acids is 2. The lowest BCUT2D eigenvalue weighted by atomic mass is 10.0. The van der Waals surface area contributed by atoms with E-state index in [1.807, 2.05) is 17.0 Å². The number of Topliss-reactive ketones (excluding diaryl/α,β-unsaturated/α-hetero) is 1. The molecule has 0 N–H and O–H groups in total. The molecule has 0 aromatic heterocycles. The van der Waals surface area contributed by atoms with Gasteiger partial charge in [0, 0.05) is 68.2 Å². The van der Waals surface area contributed by atoms with Gasteiger partial charge in [-0.25, -0.2) is 0 Å². The quantitative estimate of drug-likeness (QED) is 0.776. The van der Waals surface area contributed by atoms with Gasteiger partial charge in [0.1, 0.15) is 5.78 Å². The summed E-state index contributed by atoms with van der Waals surface area (Å²) in [5.74, 6) is 0.597. The molecule has 2 bridgehead atoms. The zero-order valence-corrected chi connectivity index (χ0v) is 16.5. The molecular weight excluding hydrogens is 362 g/mol. The normalized spacial score (nSPS) is 25.9. The summed E-state index contributed by atoms with van der Waals surface area (Å²) >= 11 is 5.97. The van der Waals surface area contributed by atoms with E-state index in [0.717, 1.165) is 57.0 Å². The Labute approximate surface area is 166 Å². The molecule has 3 fully saturated rings. The number of anilines is 1. The molecule has 2 atom stereocenters. The van der Waals surface area contributed by atoms with Crippen LogP contribution in [0.1, 0.15) is 38.5 Å². The van der Waals surface area contributed by atoms with Crippen LogP contribution >= 0.6 is 11.6 Å². The smallest absolute Gasteiger partial charge is 0.223 e. The molecule has 3 aliphatic rings. The highest BCUT2D eigenvalue weighted by Gasteiger charge is 2.42. The Morgan fingerprint density at radius 2 is 1.63 bits per heavy atom. The molecule has 0 spiro atoms. The molecule has 6 heteroatoms. The van der Waals surface area contributed by atoms with Crippen LogP contribution < -0.4 is 4.90 Å². The minimum atomic E-state index is 0.187. The summed E-state index contributed by atoms with van der Waals surface area (Å²) in [5.41, 5.74) is 1.23. The van der Waals surface area contributed by atoms with E-state index in [1.165, 1.54) is 5.69 Å². The molecular formula is C21H28ClN3O2. The van der Waals surface area contributed by atoms with Crippen molar-refractivity contribution in [2.45, 2.75) is 50.6 Å². The van der Waals surface area contributed by atoms with Crippen molar-refractivity contribution in [3.8, 4) is 0 Å². The molecule has 1 aromatic rings. The third-order valence-corrected chi connectivity index (χ3v) is 6.52. The predicted molar refractivity (Wildman–Crippen MR) is 107 cm³/mol. The molecule has 1 amide bonds. The van der Waals surface area contributed by atoms with E-state index >= 15 is 0 Å². The largest absolute Gasteiger partial charge is 0.369 e. The maximum atomic E-state index is 12.6. The van der Waals surface area contributed by atoms with Crippen molar-refractivity contribution in [1.29, 1.82) is 0 Å². The van der Waals surface area contributed by atoms with E-state index in [4.69, 9.17) is 11.6 Å². The van der Waals surface area contributed by atoms with Crippen LogP contribution in [0.25, 0.3) is 0 Å². The van der Waals surface area contributed by atoms with Crippen LogP contribution in [0.3, 0.4) is 0 Å². The van der Waals surface area contributed by atoms with E-state index < -0.39 is 0 Å². The van der Waals surface area contributed by atoms with Crippen molar-refractivity contribution in [2.75, 3.05) is 37.6 Å². The Morgan fingerprint density at radius 3 is 2.26 bits per heavy atom. The lowest BCUT2D eigenvalue weighted by molar-refractivity contribution is -0.138. The van der Waals surface area contributed by atoms with Gasteiger partial charge in [0.05, 0.1) is 0 Å². The highest BCUT2D eigenvalue weighted by atomic mass is 35.5. The minimum Gasteiger partial charge on any atom is -0.369 e. The lowest BCUT2D eigenvalue weighted by Gasteiger charge is -2.36. The average molecular weight is 390 g/mol. The summed E-state index contributed by atoms with van der Waals surface area (Å²) in [6, 6.07) is 8.41. The van der Waals surface area contributed by atoms with Crippen LogP contribution in [0.5, 0.6) is 0 Å². The van der Waals surface area contributed by atoms with Crippen molar-refractivity contribution < 1.29 is 9.59 Å². The topological polar surface area (TPSA) is 43.9 Å². The van der Waals surface area contributed by atoms with E-state index in [2.05, 4.69) is 21.9 Å². The first-order valence-corrected chi connectivity index (χ1v) is 10.5. The Hall–Kier alpha value is -1.59. The standard InChI is InChI=1S/C21H28ClN3O2/c22-16-3-5-17(6-4-16)24-12-10-23(11-13-24)9-1-2-21(27)25-18-7-8-19(25)15-20(26)14-18/h3-6,18-19H,1-2,7-15H2. The van der Waals surface area contributed by atoms with Crippen LogP contribution in [0.2, 0.25) is 5.02 Å². The fourth-order valence-corrected chi connectivity index (χ4v) is 4.97. The van der Waals surface area contributed by atoms with Crippen molar-refractivity contribution in [1.82, 2.24) is 9.80 Å². The van der Waals surface area contributed by atoms with Gasteiger partial charge in [0.2, 0.25) is 5.91 Å². The molecule has 2 unspecified atom stereocenters. The summed E-state index contributed by atoms with van der Waals surface area (Å²) < 4.78 is 0. The van der Waals surface area contributed by atoms with Gasteiger partial charge < -0.3 is 9.80 Å². The van der Waals surface area contributed by atoms with E-state index in [9.17, 15) is 9.59 Å². The average Bonchev–Trinajstić information content (AvgIpc) is 2.94. The van der Waals surface area contributed by atoms with Crippen molar-refractivity contribution >= 4 is 29.0 Å². The van der Waals surface area contributed by atoms with Crippen LogP contribution in [-0.2, 0) is 9.59 Å². The van der Waals surface area contributed by atoms with E-state index in [1.54, 1.807) is 0 Å². The zero-order chi connectivity index (χ0) is 18.8. The fraction of sp³-hybridized carbons (Fsp3) is 0.619. The Morgan fingerprint density at radius 1 is 1.00 bits per heavy atom. The summed E-state index contributed by atoms with van der Waals surface area (Å²) in [4.78, 5) is 31.2. The second-order valence-electron chi connectivity index (χ2n) is 8.04. The van der Waals surface area contributed by atoms with Gasteiger partial charge >= 0.3 is 0 Å². The highest BCUT2D eigenvalue weighted by molar-refractivity contribution is 6.30. The highest BCUT2D eigenvalue weighted by Crippen LogP contribution is 2.34. The van der Waals surface area contributed by atoms with Crippen molar-refractivity contribution in [3.05, 3.63) is 29.3 Å². The van der Waals surface area contributed by atoms with Gasteiger partial charge in [-0.2, -0.15) is 0 Å². The number of piperidine rings is 1. The molecule has 4 rings (SSSR count). The van der Waals surface area contributed by atoms with Crippen LogP contribution in [-0.4, -0.2) is 66.3 Å². The Balaban J connectivity index is 1.19. The Kier molecular flexibility index (Phi) is 5.69.